The second-order valence-electron chi connectivity index (χ2n) is 4.22. The highest BCUT2D eigenvalue weighted by Crippen LogP contribution is 2.34. The number of anilines is 3. The molecule has 5 nitrogen and oxygen atoms in total. The molecular weight excluding hydrogens is 280 g/mol. The average Bonchev–Trinajstić information content (AvgIpc) is 2.47. The Hall–Kier alpha value is -2.54. The molecule has 1 aromatic heterocycles. The van der Waals surface area contributed by atoms with E-state index in [9.17, 15) is 18.8 Å². The second kappa shape index (κ2) is 6.27. The molecule has 2 aromatic rings. The number of carbonyl (C=O) groups excluding carboxylic acids is 1. The molecule has 0 spiro atoms. The lowest BCUT2D eigenvalue weighted by Crippen LogP contribution is -2.25. The fraction of sp³-hybridized carbons (Fsp3) is 0.143. The number of nitrogens with zero attached hydrogens (tertiary/aromatic N) is 2. The van der Waals surface area contributed by atoms with Crippen molar-refractivity contribution >= 4 is 23.1 Å². The van der Waals surface area contributed by atoms with E-state index >= 15 is 0 Å². The number of halogens is 2. The van der Waals surface area contributed by atoms with Crippen LogP contribution in [0.1, 0.15) is 18.9 Å². The topological polar surface area (TPSA) is 68.3 Å². The summed E-state index contributed by atoms with van der Waals surface area (Å²) in [6.07, 6.45) is -1.42. The number of carbonyl (C=O) groups is 1. The van der Waals surface area contributed by atoms with E-state index < -0.39 is 12.3 Å². The van der Waals surface area contributed by atoms with Crippen LogP contribution in [0, 0.1) is 5.21 Å². The molecular formula is C14H12F2N3O2-. The van der Waals surface area contributed by atoms with E-state index in [2.05, 4.69) is 4.98 Å². The normalized spacial score (nSPS) is 10.5. The molecule has 0 fully saturated rings. The molecule has 2 rings (SSSR count). The number of aromatic nitrogens is 1. The van der Waals surface area contributed by atoms with Gasteiger partial charge in [0.15, 0.2) is 0 Å². The third kappa shape index (κ3) is 3.14. The van der Waals surface area contributed by atoms with E-state index in [4.69, 9.17) is 0 Å². The number of pyridine rings is 1. The van der Waals surface area contributed by atoms with Crippen molar-refractivity contribution in [3.8, 4) is 0 Å². The van der Waals surface area contributed by atoms with Crippen LogP contribution in [0.2, 0.25) is 0 Å². The minimum atomic E-state index is -2.73. The van der Waals surface area contributed by atoms with Crippen LogP contribution in [0.15, 0.2) is 42.6 Å². The Bertz CT molecular complexity index is 650. The molecule has 0 radical (unpaired) electrons. The van der Waals surface area contributed by atoms with Crippen LogP contribution in [-0.4, -0.2) is 10.9 Å². The maximum Gasteiger partial charge on any atom is 0.265 e. The first-order valence-corrected chi connectivity index (χ1v) is 6.06. The average molecular weight is 292 g/mol. The lowest BCUT2D eigenvalue weighted by Gasteiger charge is -2.23. The van der Waals surface area contributed by atoms with E-state index in [0.29, 0.717) is 0 Å². The Labute approximate surface area is 119 Å². The van der Waals surface area contributed by atoms with E-state index in [0.717, 1.165) is 4.90 Å². The molecule has 1 amide bonds. The number of hydrogen-bond donors (Lipinski definition) is 1. The van der Waals surface area contributed by atoms with Gasteiger partial charge in [-0.25, -0.2) is 13.8 Å². The predicted octanol–water partition coefficient (Wildman–Crippen LogP) is 3.61. The van der Waals surface area contributed by atoms with Crippen molar-refractivity contribution < 1.29 is 13.6 Å². The first-order chi connectivity index (χ1) is 10.0. The molecule has 1 N–H and O–H groups in total. The summed E-state index contributed by atoms with van der Waals surface area (Å²) in [7, 11) is 0. The van der Waals surface area contributed by atoms with Crippen molar-refractivity contribution in [1.29, 1.82) is 0 Å². The Morgan fingerprint density at radius 1 is 1.33 bits per heavy atom. The Kier molecular flexibility index (Phi) is 4.44. The van der Waals surface area contributed by atoms with E-state index in [1.807, 2.05) is 0 Å². The molecule has 0 saturated heterocycles. The monoisotopic (exact) mass is 292 g/mol. The van der Waals surface area contributed by atoms with E-state index in [1.165, 1.54) is 43.5 Å². The zero-order valence-electron chi connectivity index (χ0n) is 11.1. The molecule has 21 heavy (non-hydrogen) atoms. The summed E-state index contributed by atoms with van der Waals surface area (Å²) in [5.41, 5.74) is 1.61. The van der Waals surface area contributed by atoms with Gasteiger partial charge in [0.1, 0.15) is 5.82 Å². The molecule has 0 saturated carbocycles. The number of benzene rings is 1. The predicted molar refractivity (Wildman–Crippen MR) is 75.4 cm³/mol. The number of rotatable bonds is 4. The van der Waals surface area contributed by atoms with Gasteiger partial charge in [-0.15, -0.1) is 0 Å². The molecule has 0 aliphatic heterocycles. The third-order valence-corrected chi connectivity index (χ3v) is 2.82. The van der Waals surface area contributed by atoms with Gasteiger partial charge in [0.05, 0.1) is 5.69 Å². The number of alkyl halides is 2. The maximum absolute atomic E-state index is 13.1. The van der Waals surface area contributed by atoms with Crippen molar-refractivity contribution in [3.63, 3.8) is 0 Å². The van der Waals surface area contributed by atoms with Crippen LogP contribution in [0.4, 0.5) is 26.0 Å². The maximum atomic E-state index is 13.1. The highest BCUT2D eigenvalue weighted by atomic mass is 19.3. The Balaban J connectivity index is 2.56. The van der Waals surface area contributed by atoms with Crippen LogP contribution in [0.3, 0.4) is 0 Å². The van der Waals surface area contributed by atoms with Gasteiger partial charge in [0.2, 0.25) is 5.91 Å². The van der Waals surface area contributed by atoms with Crippen LogP contribution in [-0.2, 0) is 4.79 Å². The first-order valence-electron chi connectivity index (χ1n) is 6.06. The van der Waals surface area contributed by atoms with Crippen LogP contribution < -0.4 is 10.4 Å². The summed E-state index contributed by atoms with van der Waals surface area (Å²) in [6.45, 7) is 1.24. The lowest BCUT2D eigenvalue weighted by molar-refractivity contribution is -0.115. The summed E-state index contributed by atoms with van der Waals surface area (Å²) in [4.78, 5) is 16.9. The minimum Gasteiger partial charge on any atom is -0.761 e. The number of amides is 1. The molecule has 7 heteroatoms. The van der Waals surface area contributed by atoms with Gasteiger partial charge in [-0.3, -0.25) is 9.69 Å². The Morgan fingerprint density at radius 3 is 2.67 bits per heavy atom. The quantitative estimate of drug-likeness (QED) is 0.874. The summed E-state index contributed by atoms with van der Waals surface area (Å²) < 4.78 is 26.2. The highest BCUT2D eigenvalue weighted by molar-refractivity contribution is 5.99. The van der Waals surface area contributed by atoms with Crippen molar-refractivity contribution in [2.24, 2.45) is 0 Å². The van der Waals surface area contributed by atoms with Crippen molar-refractivity contribution in [1.82, 2.24) is 4.98 Å². The van der Waals surface area contributed by atoms with Gasteiger partial charge >= 0.3 is 0 Å². The number of nitrogens with one attached hydrogen (secondary N) is 1. The molecule has 0 aliphatic rings. The smallest absolute Gasteiger partial charge is 0.265 e. The zero-order valence-corrected chi connectivity index (χ0v) is 11.1. The summed E-state index contributed by atoms with van der Waals surface area (Å²) in [5.74, 6) is -0.393. The van der Waals surface area contributed by atoms with Crippen molar-refractivity contribution in [2.45, 2.75) is 13.3 Å². The standard InChI is InChI=1S/C14H12F2N3O2/c1-9(20)19(13-8-10(18-21)6-7-17-13)12-5-3-2-4-11(12)14(15)16/h2-8,14H,1H3,(H-,17,18,21)/q-1. The van der Waals surface area contributed by atoms with Gasteiger partial charge < -0.3 is 10.7 Å². The molecule has 1 heterocycles. The summed E-state index contributed by atoms with van der Waals surface area (Å²) in [6, 6.07) is 8.39. The van der Waals surface area contributed by atoms with Gasteiger partial charge in [0, 0.05) is 30.4 Å². The fourth-order valence-corrected chi connectivity index (χ4v) is 1.93. The van der Waals surface area contributed by atoms with Crippen molar-refractivity contribution in [3.05, 3.63) is 53.4 Å². The SMILES string of the molecule is CC(=O)N(c1cc(N[O-])ccn1)c1ccccc1C(F)F. The van der Waals surface area contributed by atoms with E-state index in [-0.39, 0.29) is 22.8 Å². The first kappa shape index (κ1) is 14.9. The van der Waals surface area contributed by atoms with Gasteiger partial charge in [-0.05, 0) is 12.1 Å². The molecule has 0 bridgehead atoms. The molecule has 110 valence electrons. The van der Waals surface area contributed by atoms with Crippen LogP contribution in [0.5, 0.6) is 0 Å². The fourth-order valence-electron chi connectivity index (χ4n) is 1.93. The summed E-state index contributed by atoms with van der Waals surface area (Å²) >= 11 is 0. The van der Waals surface area contributed by atoms with Crippen LogP contribution in [0.25, 0.3) is 0 Å². The molecule has 1 aromatic carbocycles. The highest BCUT2D eigenvalue weighted by Gasteiger charge is 2.22. The molecule has 0 atom stereocenters. The molecule has 0 unspecified atom stereocenters. The second-order valence-corrected chi connectivity index (χ2v) is 4.22. The van der Waals surface area contributed by atoms with Gasteiger partial charge in [-0.2, -0.15) is 0 Å². The van der Waals surface area contributed by atoms with Gasteiger partial charge in [0.25, 0.3) is 6.43 Å². The number of hydrogen-bond acceptors (Lipinski definition) is 4. The lowest BCUT2D eigenvalue weighted by atomic mass is 10.1. The van der Waals surface area contributed by atoms with Gasteiger partial charge in [-0.1, -0.05) is 18.2 Å². The molecule has 0 aliphatic carbocycles. The van der Waals surface area contributed by atoms with E-state index in [1.54, 1.807) is 11.5 Å². The van der Waals surface area contributed by atoms with Crippen LogP contribution >= 0.6 is 0 Å². The minimum absolute atomic E-state index is 0.0375. The largest absolute Gasteiger partial charge is 0.761 e. The zero-order chi connectivity index (χ0) is 15.4. The summed E-state index contributed by atoms with van der Waals surface area (Å²) in [5, 5.41) is 10.7. The number of para-hydroxylation sites is 1. The Morgan fingerprint density at radius 2 is 2.05 bits per heavy atom. The van der Waals surface area contributed by atoms with Crippen molar-refractivity contribution in [2.75, 3.05) is 10.4 Å². The third-order valence-electron chi connectivity index (χ3n) is 2.82.